The van der Waals surface area contributed by atoms with Crippen molar-refractivity contribution in [1.82, 2.24) is 10.6 Å². The van der Waals surface area contributed by atoms with Crippen LogP contribution in [0.1, 0.15) is 25.3 Å². The molecule has 1 fully saturated rings. The van der Waals surface area contributed by atoms with E-state index in [0.29, 0.717) is 12.1 Å². The Bertz CT molecular complexity index is 443. The normalized spacial score (nSPS) is 18.2. The first-order valence-corrected chi connectivity index (χ1v) is 6.31. The zero-order valence-electron chi connectivity index (χ0n) is 10.8. The topological polar surface area (TPSA) is 41.1 Å². The van der Waals surface area contributed by atoms with Gasteiger partial charge in [-0.25, -0.2) is 4.39 Å². The summed E-state index contributed by atoms with van der Waals surface area (Å²) in [6.07, 6.45) is 1.62. The van der Waals surface area contributed by atoms with E-state index in [1.807, 2.05) is 20.0 Å². The maximum atomic E-state index is 13.8. The number of hydrogen-bond donors (Lipinski definition) is 2. The van der Waals surface area contributed by atoms with E-state index in [0.717, 1.165) is 12.8 Å². The average Bonchev–Trinajstić information content (AvgIpc) is 3.10. The fourth-order valence-corrected chi connectivity index (χ4v) is 2.19. The Hall–Kier alpha value is -1.42. The molecule has 98 valence electrons. The molecule has 2 N–H and O–H groups in total. The lowest BCUT2D eigenvalue weighted by molar-refractivity contribution is -0.125. The van der Waals surface area contributed by atoms with Gasteiger partial charge in [-0.2, -0.15) is 0 Å². The van der Waals surface area contributed by atoms with Gasteiger partial charge in [0.25, 0.3) is 0 Å². The Balaban J connectivity index is 2.09. The molecule has 1 atom stereocenters. The lowest BCUT2D eigenvalue weighted by Gasteiger charge is -2.21. The summed E-state index contributed by atoms with van der Waals surface area (Å²) in [6, 6.07) is 6.67. The highest BCUT2D eigenvalue weighted by Crippen LogP contribution is 2.46. The molecule has 0 aromatic heterocycles. The summed E-state index contributed by atoms with van der Waals surface area (Å²) in [7, 11) is 1.81. The fraction of sp³-hybridized carbons (Fsp3) is 0.500. The van der Waals surface area contributed by atoms with Crippen molar-refractivity contribution in [1.29, 1.82) is 0 Å². The molecule has 2 rings (SSSR count). The Morgan fingerprint density at radius 2 is 2.11 bits per heavy atom. The van der Waals surface area contributed by atoms with Gasteiger partial charge in [0.2, 0.25) is 5.91 Å². The van der Waals surface area contributed by atoms with Crippen molar-refractivity contribution in [3.63, 3.8) is 0 Å². The second kappa shape index (κ2) is 5.06. The number of carbonyl (C=O) groups is 1. The number of halogens is 1. The quantitative estimate of drug-likeness (QED) is 0.836. The van der Waals surface area contributed by atoms with Crippen molar-refractivity contribution in [2.45, 2.75) is 25.3 Å². The Kier molecular flexibility index (Phi) is 3.66. The van der Waals surface area contributed by atoms with Crippen molar-refractivity contribution in [2.75, 3.05) is 13.6 Å². The van der Waals surface area contributed by atoms with Gasteiger partial charge in [0, 0.05) is 18.0 Å². The second-order valence-corrected chi connectivity index (χ2v) is 5.01. The predicted molar refractivity (Wildman–Crippen MR) is 68.5 cm³/mol. The molecule has 0 bridgehead atoms. The van der Waals surface area contributed by atoms with Gasteiger partial charge in [0.05, 0.1) is 5.54 Å². The summed E-state index contributed by atoms with van der Waals surface area (Å²) in [5.41, 5.74) is 0.139. The lowest BCUT2D eigenvalue weighted by Crippen LogP contribution is -2.41. The van der Waals surface area contributed by atoms with Crippen molar-refractivity contribution in [3.05, 3.63) is 35.6 Å². The van der Waals surface area contributed by atoms with Crippen LogP contribution in [0.2, 0.25) is 0 Å². The molecule has 0 radical (unpaired) electrons. The summed E-state index contributed by atoms with van der Waals surface area (Å²) in [5, 5.41) is 5.96. The van der Waals surface area contributed by atoms with Crippen LogP contribution in [-0.4, -0.2) is 19.5 Å². The van der Waals surface area contributed by atoms with Crippen molar-refractivity contribution in [2.24, 2.45) is 5.92 Å². The van der Waals surface area contributed by atoms with Gasteiger partial charge >= 0.3 is 0 Å². The van der Waals surface area contributed by atoms with E-state index in [1.54, 1.807) is 12.1 Å². The lowest BCUT2D eigenvalue weighted by atomic mass is 10.0. The molecular formula is C14H19FN2O. The summed E-state index contributed by atoms with van der Waals surface area (Å²) in [6.45, 7) is 2.49. The van der Waals surface area contributed by atoms with Crippen molar-refractivity contribution in [3.8, 4) is 0 Å². The molecule has 0 aliphatic heterocycles. The van der Waals surface area contributed by atoms with E-state index in [2.05, 4.69) is 10.6 Å². The summed E-state index contributed by atoms with van der Waals surface area (Å²) in [5.74, 6) is -0.374. The first-order valence-electron chi connectivity index (χ1n) is 6.31. The Labute approximate surface area is 107 Å². The SMILES string of the molecule is CNCC(C)C(=O)NC1(c2ccccc2F)CC1. The largest absolute Gasteiger partial charge is 0.346 e. The van der Waals surface area contributed by atoms with Gasteiger partial charge in [-0.05, 0) is 26.0 Å². The van der Waals surface area contributed by atoms with Gasteiger partial charge in [0.1, 0.15) is 5.82 Å². The van der Waals surface area contributed by atoms with Gasteiger partial charge in [0.15, 0.2) is 0 Å². The molecule has 0 saturated heterocycles. The number of hydrogen-bond acceptors (Lipinski definition) is 2. The third-order valence-corrected chi connectivity index (χ3v) is 3.46. The maximum absolute atomic E-state index is 13.8. The van der Waals surface area contributed by atoms with E-state index in [4.69, 9.17) is 0 Å². The van der Waals surface area contributed by atoms with Crippen molar-refractivity contribution < 1.29 is 9.18 Å². The molecule has 1 saturated carbocycles. The first-order chi connectivity index (χ1) is 8.59. The molecule has 0 heterocycles. The van der Waals surface area contributed by atoms with E-state index in [1.165, 1.54) is 6.07 Å². The minimum absolute atomic E-state index is 0.0231. The van der Waals surface area contributed by atoms with Crippen LogP contribution in [0, 0.1) is 11.7 Å². The third kappa shape index (κ3) is 2.53. The predicted octanol–water partition coefficient (Wildman–Crippen LogP) is 1.79. The molecule has 0 spiro atoms. The highest BCUT2D eigenvalue weighted by molar-refractivity contribution is 5.80. The van der Waals surface area contributed by atoms with Crippen molar-refractivity contribution >= 4 is 5.91 Å². The maximum Gasteiger partial charge on any atom is 0.224 e. The van der Waals surface area contributed by atoms with Crippen LogP contribution in [0.4, 0.5) is 4.39 Å². The molecular weight excluding hydrogens is 231 g/mol. The highest BCUT2D eigenvalue weighted by atomic mass is 19.1. The fourth-order valence-electron chi connectivity index (χ4n) is 2.19. The second-order valence-electron chi connectivity index (χ2n) is 5.01. The van der Waals surface area contributed by atoms with Crippen LogP contribution >= 0.6 is 0 Å². The minimum atomic E-state index is -0.468. The summed E-state index contributed by atoms with van der Waals surface area (Å²) in [4.78, 5) is 12.0. The van der Waals surface area contributed by atoms with Gasteiger partial charge in [-0.3, -0.25) is 4.79 Å². The van der Waals surface area contributed by atoms with E-state index < -0.39 is 5.54 Å². The standard InChI is InChI=1S/C14H19FN2O/c1-10(9-16-2)13(18)17-14(7-8-14)11-5-3-4-6-12(11)15/h3-6,10,16H,7-9H2,1-2H3,(H,17,18). The number of nitrogens with one attached hydrogen (secondary N) is 2. The van der Waals surface area contributed by atoms with Crippen LogP contribution in [0.3, 0.4) is 0 Å². The van der Waals surface area contributed by atoms with Crippen LogP contribution < -0.4 is 10.6 Å². The monoisotopic (exact) mass is 250 g/mol. The molecule has 1 amide bonds. The van der Waals surface area contributed by atoms with E-state index in [-0.39, 0.29) is 17.6 Å². The molecule has 4 heteroatoms. The molecule has 1 aromatic carbocycles. The first kappa shape index (κ1) is 13.0. The molecule has 1 aliphatic rings. The van der Waals surface area contributed by atoms with Crippen LogP contribution in [0.5, 0.6) is 0 Å². The van der Waals surface area contributed by atoms with Gasteiger partial charge < -0.3 is 10.6 Å². The summed E-state index contributed by atoms with van der Waals surface area (Å²) < 4.78 is 13.8. The zero-order valence-corrected chi connectivity index (χ0v) is 10.8. The molecule has 1 unspecified atom stereocenters. The van der Waals surface area contributed by atoms with Crippen LogP contribution in [0.15, 0.2) is 24.3 Å². The molecule has 1 aliphatic carbocycles. The van der Waals surface area contributed by atoms with E-state index >= 15 is 0 Å². The third-order valence-electron chi connectivity index (χ3n) is 3.46. The number of amides is 1. The zero-order chi connectivity index (χ0) is 13.2. The average molecular weight is 250 g/mol. The molecule has 18 heavy (non-hydrogen) atoms. The van der Waals surface area contributed by atoms with Gasteiger partial charge in [-0.15, -0.1) is 0 Å². The number of rotatable bonds is 5. The van der Waals surface area contributed by atoms with Crippen LogP contribution in [-0.2, 0) is 10.3 Å². The summed E-state index contributed by atoms with van der Waals surface area (Å²) >= 11 is 0. The number of benzene rings is 1. The Morgan fingerprint density at radius 3 is 2.67 bits per heavy atom. The van der Waals surface area contributed by atoms with Gasteiger partial charge in [-0.1, -0.05) is 25.1 Å². The Morgan fingerprint density at radius 1 is 1.44 bits per heavy atom. The van der Waals surface area contributed by atoms with Crippen LogP contribution in [0.25, 0.3) is 0 Å². The molecule has 3 nitrogen and oxygen atoms in total. The molecule has 1 aromatic rings. The minimum Gasteiger partial charge on any atom is -0.346 e. The highest BCUT2D eigenvalue weighted by Gasteiger charge is 2.47. The smallest absolute Gasteiger partial charge is 0.224 e. The van der Waals surface area contributed by atoms with E-state index in [9.17, 15) is 9.18 Å². The number of carbonyl (C=O) groups excluding carboxylic acids is 1.